The third-order valence-electron chi connectivity index (χ3n) is 6.17. The van der Waals surface area contributed by atoms with Crippen LogP contribution in [0.5, 0.6) is 0 Å². The largest absolute Gasteiger partial charge is 0.342 e. The van der Waals surface area contributed by atoms with Crippen molar-refractivity contribution in [2.75, 3.05) is 32.7 Å². The van der Waals surface area contributed by atoms with E-state index in [2.05, 4.69) is 9.80 Å². The minimum atomic E-state index is 0.272. The van der Waals surface area contributed by atoms with Crippen molar-refractivity contribution in [1.82, 2.24) is 9.80 Å². The van der Waals surface area contributed by atoms with Crippen molar-refractivity contribution in [3.8, 4) is 0 Å². The van der Waals surface area contributed by atoms with Gasteiger partial charge in [-0.3, -0.25) is 4.79 Å². The van der Waals surface area contributed by atoms with Crippen LogP contribution in [-0.4, -0.2) is 48.4 Å². The van der Waals surface area contributed by atoms with Gasteiger partial charge in [-0.15, -0.1) is 0 Å². The van der Waals surface area contributed by atoms with Gasteiger partial charge in [-0.2, -0.15) is 0 Å². The fourth-order valence-corrected chi connectivity index (χ4v) is 5.02. The predicted octanol–water partition coefficient (Wildman–Crippen LogP) is 3.46. The number of halogens is 1. The molecule has 0 radical (unpaired) electrons. The first kappa shape index (κ1) is 16.4. The number of amides is 1. The standard InChI is InChI=1S/C20H27ClN2O/c21-19-7-5-15(6-8-19)9-20(24)23-13-17-11-22(12-18(17)14-23)10-16-3-1-2-4-16/h5-8,16-18H,1-4,9-14H2. The summed E-state index contributed by atoms with van der Waals surface area (Å²) in [5, 5.41) is 0.726. The lowest BCUT2D eigenvalue weighted by atomic mass is 10.0. The quantitative estimate of drug-likeness (QED) is 0.833. The predicted molar refractivity (Wildman–Crippen MR) is 97.1 cm³/mol. The molecule has 1 aromatic rings. The molecule has 4 rings (SSSR count). The Balaban J connectivity index is 1.27. The Bertz CT molecular complexity index is 568. The smallest absolute Gasteiger partial charge is 0.227 e. The van der Waals surface area contributed by atoms with Crippen LogP contribution < -0.4 is 0 Å². The molecule has 2 atom stereocenters. The van der Waals surface area contributed by atoms with E-state index in [9.17, 15) is 4.79 Å². The van der Waals surface area contributed by atoms with Gasteiger partial charge in [0.25, 0.3) is 0 Å². The number of hydrogen-bond acceptors (Lipinski definition) is 2. The van der Waals surface area contributed by atoms with Crippen molar-refractivity contribution < 1.29 is 4.79 Å². The van der Waals surface area contributed by atoms with Crippen molar-refractivity contribution in [2.24, 2.45) is 17.8 Å². The summed E-state index contributed by atoms with van der Waals surface area (Å²) >= 11 is 5.91. The highest BCUT2D eigenvalue weighted by Gasteiger charge is 2.41. The Morgan fingerprint density at radius 3 is 2.25 bits per heavy atom. The zero-order valence-electron chi connectivity index (χ0n) is 14.3. The van der Waals surface area contributed by atoms with E-state index in [4.69, 9.17) is 11.6 Å². The highest BCUT2D eigenvalue weighted by atomic mass is 35.5. The maximum atomic E-state index is 12.6. The molecule has 1 amide bonds. The van der Waals surface area contributed by atoms with Gasteiger partial charge in [-0.1, -0.05) is 36.6 Å². The molecule has 0 aromatic heterocycles. The Labute approximate surface area is 150 Å². The third kappa shape index (κ3) is 3.62. The molecular formula is C20H27ClN2O. The lowest BCUT2D eigenvalue weighted by Gasteiger charge is -2.24. The van der Waals surface area contributed by atoms with Gasteiger partial charge in [-0.05, 0) is 48.3 Å². The van der Waals surface area contributed by atoms with Crippen LogP contribution in [0.3, 0.4) is 0 Å². The van der Waals surface area contributed by atoms with Crippen LogP contribution in [0.25, 0.3) is 0 Å². The molecule has 0 N–H and O–H groups in total. The van der Waals surface area contributed by atoms with Crippen LogP contribution in [-0.2, 0) is 11.2 Å². The SMILES string of the molecule is O=C(Cc1ccc(Cl)cc1)N1CC2CN(CC3CCCC3)CC2C1. The molecule has 3 aliphatic rings. The Kier molecular flexibility index (Phi) is 4.82. The van der Waals surface area contributed by atoms with E-state index in [-0.39, 0.29) is 5.91 Å². The van der Waals surface area contributed by atoms with E-state index in [1.165, 1.54) is 45.3 Å². The fraction of sp³-hybridized carbons (Fsp3) is 0.650. The summed E-state index contributed by atoms with van der Waals surface area (Å²) in [7, 11) is 0. The summed E-state index contributed by atoms with van der Waals surface area (Å²) < 4.78 is 0. The minimum absolute atomic E-state index is 0.272. The van der Waals surface area contributed by atoms with Gasteiger partial charge in [0, 0.05) is 37.7 Å². The number of fused-ring (bicyclic) bond motifs is 1. The molecule has 2 saturated heterocycles. The number of hydrogen-bond donors (Lipinski definition) is 0. The van der Waals surface area contributed by atoms with Gasteiger partial charge in [0.15, 0.2) is 0 Å². The number of likely N-dealkylation sites (tertiary alicyclic amines) is 2. The van der Waals surface area contributed by atoms with Crippen molar-refractivity contribution in [3.63, 3.8) is 0 Å². The van der Waals surface area contributed by atoms with E-state index in [1.807, 2.05) is 24.3 Å². The summed E-state index contributed by atoms with van der Waals surface area (Å²) in [5.74, 6) is 2.60. The first-order valence-electron chi connectivity index (χ1n) is 9.42. The number of carbonyl (C=O) groups excluding carboxylic acids is 1. The third-order valence-corrected chi connectivity index (χ3v) is 6.43. The molecule has 0 bridgehead atoms. The van der Waals surface area contributed by atoms with Gasteiger partial charge in [0.05, 0.1) is 6.42 Å². The molecule has 1 saturated carbocycles. The second kappa shape index (κ2) is 7.05. The molecule has 130 valence electrons. The maximum Gasteiger partial charge on any atom is 0.227 e. The second-order valence-electron chi connectivity index (χ2n) is 7.99. The molecule has 0 spiro atoms. The summed E-state index contributed by atoms with van der Waals surface area (Å²) in [5.41, 5.74) is 1.06. The first-order chi connectivity index (χ1) is 11.7. The minimum Gasteiger partial charge on any atom is -0.342 e. The molecule has 3 fully saturated rings. The monoisotopic (exact) mass is 346 g/mol. The van der Waals surface area contributed by atoms with E-state index >= 15 is 0 Å². The zero-order chi connectivity index (χ0) is 16.5. The van der Waals surface area contributed by atoms with Crippen LogP contribution in [0, 0.1) is 17.8 Å². The summed E-state index contributed by atoms with van der Waals surface area (Å²) in [6.45, 7) is 5.61. The number of carbonyl (C=O) groups is 1. The molecule has 2 heterocycles. The van der Waals surface area contributed by atoms with Gasteiger partial charge < -0.3 is 9.80 Å². The average molecular weight is 347 g/mol. The molecule has 1 aromatic carbocycles. The molecule has 3 nitrogen and oxygen atoms in total. The normalized spacial score (nSPS) is 27.8. The summed E-state index contributed by atoms with van der Waals surface area (Å²) in [6.07, 6.45) is 6.22. The van der Waals surface area contributed by atoms with Crippen molar-refractivity contribution >= 4 is 17.5 Å². The van der Waals surface area contributed by atoms with E-state index < -0.39 is 0 Å². The first-order valence-corrected chi connectivity index (χ1v) is 9.80. The van der Waals surface area contributed by atoms with Crippen LogP contribution in [0.15, 0.2) is 24.3 Å². The second-order valence-corrected chi connectivity index (χ2v) is 8.43. The molecule has 1 aliphatic carbocycles. The fourth-order valence-electron chi connectivity index (χ4n) is 4.89. The molecule has 24 heavy (non-hydrogen) atoms. The Hall–Kier alpha value is -1.06. The van der Waals surface area contributed by atoms with Crippen molar-refractivity contribution in [2.45, 2.75) is 32.1 Å². The molecule has 4 heteroatoms. The van der Waals surface area contributed by atoms with Crippen molar-refractivity contribution in [3.05, 3.63) is 34.9 Å². The van der Waals surface area contributed by atoms with Crippen LogP contribution in [0.2, 0.25) is 5.02 Å². The summed E-state index contributed by atoms with van der Waals surface area (Å²) in [6, 6.07) is 7.65. The molecular weight excluding hydrogens is 320 g/mol. The van der Waals surface area contributed by atoms with Crippen molar-refractivity contribution in [1.29, 1.82) is 0 Å². The van der Waals surface area contributed by atoms with E-state index in [0.29, 0.717) is 18.3 Å². The van der Waals surface area contributed by atoms with E-state index in [1.54, 1.807) is 0 Å². The lowest BCUT2D eigenvalue weighted by Crippen LogP contribution is -2.35. The van der Waals surface area contributed by atoms with Gasteiger partial charge in [0.2, 0.25) is 5.91 Å². The molecule has 2 aliphatic heterocycles. The van der Waals surface area contributed by atoms with Gasteiger partial charge >= 0.3 is 0 Å². The van der Waals surface area contributed by atoms with Crippen LogP contribution in [0.1, 0.15) is 31.2 Å². The average Bonchev–Trinajstić information content (AvgIpc) is 3.26. The maximum absolute atomic E-state index is 12.6. The zero-order valence-corrected chi connectivity index (χ0v) is 15.0. The number of nitrogens with zero attached hydrogens (tertiary/aromatic N) is 2. The van der Waals surface area contributed by atoms with Crippen LogP contribution in [0.4, 0.5) is 0 Å². The van der Waals surface area contributed by atoms with E-state index in [0.717, 1.165) is 29.6 Å². The van der Waals surface area contributed by atoms with Gasteiger partial charge in [0.1, 0.15) is 0 Å². The topological polar surface area (TPSA) is 23.6 Å². The highest BCUT2D eigenvalue weighted by molar-refractivity contribution is 6.30. The number of rotatable bonds is 4. The summed E-state index contributed by atoms with van der Waals surface area (Å²) in [4.78, 5) is 17.3. The lowest BCUT2D eigenvalue weighted by molar-refractivity contribution is -0.129. The Morgan fingerprint density at radius 2 is 1.62 bits per heavy atom. The Morgan fingerprint density at radius 1 is 1.00 bits per heavy atom. The molecule has 2 unspecified atom stereocenters. The van der Waals surface area contributed by atoms with Crippen LogP contribution >= 0.6 is 11.6 Å². The van der Waals surface area contributed by atoms with Gasteiger partial charge in [-0.25, -0.2) is 0 Å². The highest BCUT2D eigenvalue weighted by Crippen LogP contribution is 2.34. The number of benzene rings is 1.